The van der Waals surface area contributed by atoms with Crippen molar-refractivity contribution in [3.8, 4) is 11.5 Å². The zero-order valence-corrected chi connectivity index (χ0v) is 12.6. The van der Waals surface area contributed by atoms with E-state index in [9.17, 15) is 0 Å². The normalized spacial score (nSPS) is 23.5. The van der Waals surface area contributed by atoms with Crippen LogP contribution in [0.25, 0.3) is 5.70 Å². The van der Waals surface area contributed by atoms with Gasteiger partial charge in [0.2, 0.25) is 0 Å². The van der Waals surface area contributed by atoms with E-state index in [1.54, 1.807) is 7.11 Å². The fourth-order valence-electron chi connectivity index (χ4n) is 2.58. The van der Waals surface area contributed by atoms with Crippen LogP contribution in [-0.2, 0) is 9.57 Å². The van der Waals surface area contributed by atoms with Crippen LogP contribution < -0.4 is 15.0 Å². The van der Waals surface area contributed by atoms with E-state index < -0.39 is 0 Å². The lowest BCUT2D eigenvalue weighted by Gasteiger charge is -2.15. The summed E-state index contributed by atoms with van der Waals surface area (Å²) in [7, 11) is 1.61. The second-order valence-electron chi connectivity index (χ2n) is 5.42. The van der Waals surface area contributed by atoms with Crippen molar-refractivity contribution < 1.29 is 24.2 Å². The summed E-state index contributed by atoms with van der Waals surface area (Å²) in [6.07, 6.45) is 3.50. The molecule has 2 heterocycles. The Morgan fingerprint density at radius 3 is 3.00 bits per heavy atom. The number of hydrogen-bond acceptors (Lipinski definition) is 6. The van der Waals surface area contributed by atoms with E-state index in [-0.39, 0.29) is 12.2 Å². The second kappa shape index (κ2) is 6.56. The Labute approximate surface area is 129 Å². The molecule has 0 radical (unpaired) electrons. The van der Waals surface area contributed by atoms with Gasteiger partial charge in [0.25, 0.3) is 0 Å². The molecule has 1 unspecified atom stereocenters. The fraction of sp³-hybridized carbons (Fsp3) is 0.500. The van der Waals surface area contributed by atoms with E-state index in [4.69, 9.17) is 24.2 Å². The molecule has 0 aliphatic carbocycles. The lowest BCUT2D eigenvalue weighted by atomic mass is 10.0. The summed E-state index contributed by atoms with van der Waals surface area (Å²) in [5.41, 5.74) is 4.49. The van der Waals surface area contributed by atoms with E-state index in [1.165, 1.54) is 0 Å². The quantitative estimate of drug-likeness (QED) is 0.776. The molecule has 0 amide bonds. The summed E-state index contributed by atoms with van der Waals surface area (Å²) in [6.45, 7) is 1.82. The predicted molar refractivity (Wildman–Crippen MR) is 80.6 cm³/mol. The van der Waals surface area contributed by atoms with Gasteiger partial charge in [-0.25, -0.2) is 0 Å². The van der Waals surface area contributed by atoms with Crippen molar-refractivity contribution in [3.05, 3.63) is 29.8 Å². The van der Waals surface area contributed by atoms with Crippen molar-refractivity contribution in [1.82, 2.24) is 5.48 Å². The summed E-state index contributed by atoms with van der Waals surface area (Å²) < 4.78 is 16.4. The van der Waals surface area contributed by atoms with Crippen LogP contribution in [0.15, 0.2) is 24.3 Å². The van der Waals surface area contributed by atoms with Gasteiger partial charge >= 0.3 is 0 Å². The van der Waals surface area contributed by atoms with Crippen LogP contribution in [0.1, 0.15) is 18.4 Å². The average molecular weight is 307 g/mol. The smallest absolute Gasteiger partial charge is 0.161 e. The van der Waals surface area contributed by atoms with Crippen molar-refractivity contribution in [2.45, 2.75) is 18.4 Å². The molecule has 1 aromatic rings. The molecule has 6 heteroatoms. The molecule has 2 N–H and O–H groups in total. The molecular formula is C16H21NO5. The molecule has 6 nitrogen and oxygen atoms in total. The SMILES string of the molecule is COc1ccc(C2=CC3(CCOC3)ON2)cc1OCCCO. The number of hydroxylamine groups is 1. The maximum atomic E-state index is 8.86. The Morgan fingerprint density at radius 2 is 2.27 bits per heavy atom. The number of nitrogens with one attached hydrogen (secondary N) is 1. The highest BCUT2D eigenvalue weighted by Crippen LogP contribution is 2.35. The zero-order valence-electron chi connectivity index (χ0n) is 12.6. The van der Waals surface area contributed by atoms with Crippen LogP contribution in [0, 0.1) is 0 Å². The number of aliphatic hydroxyl groups is 1. The molecule has 1 atom stereocenters. The first-order valence-electron chi connectivity index (χ1n) is 7.43. The van der Waals surface area contributed by atoms with Gasteiger partial charge in [-0.2, -0.15) is 0 Å². The Hall–Kier alpha value is -1.76. The molecular weight excluding hydrogens is 286 g/mol. The van der Waals surface area contributed by atoms with Crippen LogP contribution in [0.3, 0.4) is 0 Å². The van der Waals surface area contributed by atoms with Crippen molar-refractivity contribution in [3.63, 3.8) is 0 Å². The number of methoxy groups -OCH3 is 1. The summed E-state index contributed by atoms with van der Waals surface area (Å²) in [5.74, 6) is 1.32. The molecule has 2 aliphatic heterocycles. The van der Waals surface area contributed by atoms with Crippen LogP contribution in [0.5, 0.6) is 11.5 Å². The van der Waals surface area contributed by atoms with E-state index in [2.05, 4.69) is 11.6 Å². The molecule has 120 valence electrons. The molecule has 1 fully saturated rings. The number of aliphatic hydroxyl groups excluding tert-OH is 1. The third kappa shape index (κ3) is 3.04. The zero-order chi connectivity index (χ0) is 15.4. The first kappa shape index (κ1) is 15.1. The van der Waals surface area contributed by atoms with Gasteiger partial charge in [0.1, 0.15) is 5.60 Å². The lowest BCUT2D eigenvalue weighted by Crippen LogP contribution is -2.29. The summed E-state index contributed by atoms with van der Waals surface area (Å²) >= 11 is 0. The third-order valence-electron chi connectivity index (χ3n) is 3.82. The minimum absolute atomic E-state index is 0.102. The van der Waals surface area contributed by atoms with Crippen molar-refractivity contribution in [2.75, 3.05) is 33.5 Å². The lowest BCUT2D eigenvalue weighted by molar-refractivity contribution is -0.0373. The van der Waals surface area contributed by atoms with Crippen LogP contribution >= 0.6 is 0 Å². The summed E-state index contributed by atoms with van der Waals surface area (Å²) in [6, 6.07) is 5.73. The summed E-state index contributed by atoms with van der Waals surface area (Å²) in [5, 5.41) is 8.86. The summed E-state index contributed by atoms with van der Waals surface area (Å²) in [4.78, 5) is 5.69. The fourth-order valence-corrected chi connectivity index (χ4v) is 2.58. The number of rotatable bonds is 6. The van der Waals surface area contributed by atoms with Crippen LogP contribution in [0.2, 0.25) is 0 Å². The molecule has 2 aliphatic rings. The van der Waals surface area contributed by atoms with Crippen LogP contribution in [0.4, 0.5) is 0 Å². The first-order chi connectivity index (χ1) is 10.8. The third-order valence-corrected chi connectivity index (χ3v) is 3.82. The van der Waals surface area contributed by atoms with Gasteiger partial charge in [0, 0.05) is 31.6 Å². The molecule has 0 aromatic heterocycles. The van der Waals surface area contributed by atoms with Crippen molar-refractivity contribution in [2.24, 2.45) is 0 Å². The van der Waals surface area contributed by atoms with Crippen molar-refractivity contribution >= 4 is 5.70 Å². The minimum atomic E-state index is -0.354. The number of ether oxygens (including phenoxy) is 3. The highest BCUT2D eigenvalue weighted by Gasteiger charge is 2.39. The first-order valence-corrected chi connectivity index (χ1v) is 7.43. The topological polar surface area (TPSA) is 69.2 Å². The Morgan fingerprint density at radius 1 is 1.36 bits per heavy atom. The minimum Gasteiger partial charge on any atom is -0.493 e. The average Bonchev–Trinajstić information content (AvgIpc) is 3.18. The molecule has 1 aromatic carbocycles. The van der Waals surface area contributed by atoms with Crippen LogP contribution in [-0.4, -0.2) is 44.2 Å². The van der Waals surface area contributed by atoms with E-state index in [0.29, 0.717) is 37.7 Å². The van der Waals surface area contributed by atoms with Gasteiger partial charge in [0.15, 0.2) is 11.5 Å². The van der Waals surface area contributed by atoms with E-state index in [1.807, 2.05) is 18.2 Å². The molecule has 1 saturated heterocycles. The molecule has 0 bridgehead atoms. The maximum absolute atomic E-state index is 8.86. The van der Waals surface area contributed by atoms with Gasteiger partial charge in [-0.3, -0.25) is 10.3 Å². The van der Waals surface area contributed by atoms with Gasteiger partial charge in [-0.15, -0.1) is 0 Å². The number of hydrogen-bond donors (Lipinski definition) is 2. The largest absolute Gasteiger partial charge is 0.493 e. The van der Waals surface area contributed by atoms with Gasteiger partial charge < -0.3 is 19.3 Å². The standard InChI is InChI=1S/C16H21NO5/c1-19-14-4-3-12(9-15(14)21-7-2-6-18)13-10-16(22-17-13)5-8-20-11-16/h3-4,9-10,17-18H,2,5-8,11H2,1H3. The molecule has 22 heavy (non-hydrogen) atoms. The Kier molecular flexibility index (Phi) is 4.52. The van der Waals surface area contributed by atoms with Gasteiger partial charge in [-0.1, -0.05) is 0 Å². The molecule has 0 saturated carbocycles. The second-order valence-corrected chi connectivity index (χ2v) is 5.42. The highest BCUT2D eigenvalue weighted by atomic mass is 16.7. The number of benzene rings is 1. The van der Waals surface area contributed by atoms with Gasteiger partial charge in [0.05, 0.1) is 26.0 Å². The Balaban J connectivity index is 1.80. The highest BCUT2D eigenvalue weighted by molar-refractivity contribution is 5.68. The maximum Gasteiger partial charge on any atom is 0.161 e. The predicted octanol–water partition coefficient (Wildman–Crippen LogP) is 1.49. The van der Waals surface area contributed by atoms with E-state index >= 15 is 0 Å². The Bertz CT molecular complexity index is 551. The molecule has 3 rings (SSSR count). The molecule has 1 spiro atoms. The van der Waals surface area contributed by atoms with Gasteiger partial charge in [-0.05, 0) is 24.3 Å². The monoisotopic (exact) mass is 307 g/mol. The van der Waals surface area contributed by atoms with E-state index in [0.717, 1.165) is 17.7 Å². The van der Waals surface area contributed by atoms with Crippen molar-refractivity contribution in [1.29, 1.82) is 0 Å².